The number of nitrogens with zero attached hydrogens (tertiary/aromatic N) is 1. The molecule has 0 saturated carbocycles. The van der Waals surface area contributed by atoms with E-state index in [1.807, 2.05) is 61.7 Å². The quantitative estimate of drug-likeness (QED) is 0.352. The smallest absolute Gasteiger partial charge is 0.337 e. The molecule has 3 rings (SSSR count). The highest BCUT2D eigenvalue weighted by atomic mass is 16.5. The van der Waals surface area contributed by atoms with Gasteiger partial charge in [0.05, 0.1) is 18.9 Å². The summed E-state index contributed by atoms with van der Waals surface area (Å²) in [7, 11) is 3.46. The maximum Gasteiger partial charge on any atom is 0.337 e. The van der Waals surface area contributed by atoms with Crippen LogP contribution in [0.4, 0.5) is 0 Å². The summed E-state index contributed by atoms with van der Waals surface area (Å²) in [6.07, 6.45) is 11.6. The molecule has 0 saturated heterocycles. The van der Waals surface area contributed by atoms with Crippen molar-refractivity contribution >= 4 is 23.0 Å². The highest BCUT2D eigenvalue weighted by Crippen LogP contribution is 2.21. The Balaban J connectivity index is 0.000000575. The molecule has 4 heteroatoms. The SMILES string of the molecule is C=C/C=C\C.COC(=O)c1ccc(/C=C/CN(C)Cc2coc3ccccc23)cc1. The van der Waals surface area contributed by atoms with E-state index >= 15 is 0 Å². The van der Waals surface area contributed by atoms with Gasteiger partial charge in [0.25, 0.3) is 0 Å². The number of carbonyl (C=O) groups excluding carboxylic acids is 1. The predicted octanol–water partition coefficient (Wildman–Crippen LogP) is 6.11. The van der Waals surface area contributed by atoms with E-state index in [4.69, 9.17) is 9.15 Å². The maximum atomic E-state index is 11.4. The van der Waals surface area contributed by atoms with Gasteiger partial charge in [-0.15, -0.1) is 0 Å². The van der Waals surface area contributed by atoms with E-state index < -0.39 is 0 Å². The van der Waals surface area contributed by atoms with Crippen molar-refractivity contribution in [2.24, 2.45) is 0 Å². The molecule has 30 heavy (non-hydrogen) atoms. The molecule has 0 amide bonds. The predicted molar refractivity (Wildman–Crippen MR) is 124 cm³/mol. The first-order valence-electron chi connectivity index (χ1n) is 9.81. The first kappa shape index (κ1) is 22.9. The zero-order valence-electron chi connectivity index (χ0n) is 17.9. The molecule has 0 aliphatic heterocycles. The number of methoxy groups -OCH3 is 1. The third kappa shape index (κ3) is 6.90. The number of esters is 1. The average molecular weight is 404 g/mol. The minimum atomic E-state index is -0.317. The zero-order valence-corrected chi connectivity index (χ0v) is 17.9. The minimum absolute atomic E-state index is 0.317. The van der Waals surface area contributed by atoms with Crippen LogP contribution in [0.5, 0.6) is 0 Å². The Morgan fingerprint density at radius 1 is 1.17 bits per heavy atom. The Hall–Kier alpha value is -3.37. The van der Waals surface area contributed by atoms with E-state index in [0.29, 0.717) is 5.56 Å². The molecular formula is C26H29NO3. The first-order chi connectivity index (χ1) is 14.6. The molecule has 4 nitrogen and oxygen atoms in total. The molecule has 0 atom stereocenters. The summed E-state index contributed by atoms with van der Waals surface area (Å²) in [5, 5.41) is 1.16. The van der Waals surface area contributed by atoms with Gasteiger partial charge in [0.1, 0.15) is 5.58 Å². The lowest BCUT2D eigenvalue weighted by Gasteiger charge is -2.13. The van der Waals surface area contributed by atoms with Gasteiger partial charge in [0.2, 0.25) is 0 Å². The molecule has 156 valence electrons. The lowest BCUT2D eigenvalue weighted by atomic mass is 10.1. The first-order valence-corrected chi connectivity index (χ1v) is 9.81. The molecule has 0 unspecified atom stereocenters. The van der Waals surface area contributed by atoms with Crippen molar-refractivity contribution in [3.63, 3.8) is 0 Å². The number of hydrogen-bond acceptors (Lipinski definition) is 4. The van der Waals surface area contributed by atoms with Crippen LogP contribution in [0.3, 0.4) is 0 Å². The Morgan fingerprint density at radius 3 is 2.53 bits per heavy atom. The van der Waals surface area contributed by atoms with Gasteiger partial charge in [-0.3, -0.25) is 4.90 Å². The van der Waals surface area contributed by atoms with Crippen molar-refractivity contribution in [3.8, 4) is 0 Å². The average Bonchev–Trinajstić information content (AvgIpc) is 3.17. The monoisotopic (exact) mass is 403 g/mol. The fraction of sp³-hybridized carbons (Fsp3) is 0.192. The van der Waals surface area contributed by atoms with Crippen LogP contribution in [0, 0.1) is 0 Å². The molecule has 1 aromatic heterocycles. The molecule has 0 spiro atoms. The fourth-order valence-corrected chi connectivity index (χ4v) is 2.86. The molecule has 0 N–H and O–H groups in total. The maximum absolute atomic E-state index is 11.4. The number of hydrogen-bond donors (Lipinski definition) is 0. The normalized spacial score (nSPS) is 11.1. The summed E-state index contributed by atoms with van der Waals surface area (Å²) in [5.74, 6) is -0.317. The van der Waals surface area contributed by atoms with Crippen molar-refractivity contribution in [2.75, 3.05) is 20.7 Å². The van der Waals surface area contributed by atoms with Gasteiger partial charge in [-0.25, -0.2) is 4.79 Å². The van der Waals surface area contributed by atoms with E-state index in [9.17, 15) is 4.79 Å². The summed E-state index contributed by atoms with van der Waals surface area (Å²) >= 11 is 0. The molecule has 2 aromatic carbocycles. The van der Waals surface area contributed by atoms with Crippen LogP contribution in [0.25, 0.3) is 17.0 Å². The number of furan rings is 1. The molecule has 0 radical (unpaired) electrons. The number of rotatable bonds is 7. The zero-order chi connectivity index (χ0) is 21.8. The van der Waals surface area contributed by atoms with Crippen molar-refractivity contribution in [1.82, 2.24) is 4.90 Å². The standard InChI is InChI=1S/C21H21NO3.C5H8/c1-22(14-18-15-25-20-8-4-3-7-19(18)20)13-5-6-16-9-11-17(12-10-16)21(23)24-2;1-3-5-4-2/h3-12,15H,13-14H2,1-2H3;3-5H,1H2,2H3/b6-5+;5-4-. The summed E-state index contributed by atoms with van der Waals surface area (Å²) in [6.45, 7) is 7.06. The summed E-state index contributed by atoms with van der Waals surface area (Å²) in [4.78, 5) is 13.6. The fourth-order valence-electron chi connectivity index (χ4n) is 2.86. The van der Waals surface area contributed by atoms with Gasteiger partial charge in [-0.2, -0.15) is 0 Å². The number of likely N-dealkylation sites (N-methyl/N-ethyl adjacent to an activating group) is 1. The van der Waals surface area contributed by atoms with Crippen LogP contribution in [-0.4, -0.2) is 31.6 Å². The number of allylic oxidation sites excluding steroid dienone is 3. The van der Waals surface area contributed by atoms with Crippen LogP contribution in [-0.2, 0) is 11.3 Å². The van der Waals surface area contributed by atoms with Crippen LogP contribution in [0.2, 0.25) is 0 Å². The van der Waals surface area contributed by atoms with Crippen LogP contribution in [0.1, 0.15) is 28.4 Å². The lowest BCUT2D eigenvalue weighted by molar-refractivity contribution is 0.0600. The van der Waals surface area contributed by atoms with E-state index in [1.165, 1.54) is 12.7 Å². The third-order valence-electron chi connectivity index (χ3n) is 4.39. The summed E-state index contributed by atoms with van der Waals surface area (Å²) in [6, 6.07) is 15.4. The summed E-state index contributed by atoms with van der Waals surface area (Å²) in [5.41, 5.74) is 3.72. The van der Waals surface area contributed by atoms with Crippen molar-refractivity contribution in [1.29, 1.82) is 0 Å². The number of fused-ring (bicyclic) bond motifs is 1. The molecule has 3 aromatic rings. The second-order valence-corrected chi connectivity index (χ2v) is 6.73. The number of ether oxygens (including phenoxy) is 1. The van der Waals surface area contributed by atoms with Crippen LogP contribution in [0.15, 0.2) is 90.1 Å². The molecule has 1 heterocycles. The number of para-hydroxylation sites is 1. The molecular weight excluding hydrogens is 374 g/mol. The van der Waals surface area contributed by atoms with Gasteiger partial charge in [-0.05, 0) is 37.7 Å². The molecule has 0 aliphatic carbocycles. The Bertz CT molecular complexity index is 997. The van der Waals surface area contributed by atoms with E-state index in [-0.39, 0.29) is 5.97 Å². The van der Waals surface area contributed by atoms with Gasteiger partial charge >= 0.3 is 5.97 Å². The van der Waals surface area contributed by atoms with E-state index in [2.05, 4.69) is 30.7 Å². The second kappa shape index (κ2) is 12.2. The Kier molecular flexibility index (Phi) is 9.35. The largest absolute Gasteiger partial charge is 0.465 e. The molecule has 0 aliphatic rings. The summed E-state index contributed by atoms with van der Waals surface area (Å²) < 4.78 is 10.3. The molecule has 0 bridgehead atoms. The van der Waals surface area contributed by atoms with E-state index in [1.54, 1.807) is 18.2 Å². The Morgan fingerprint density at radius 2 is 1.90 bits per heavy atom. The number of benzene rings is 2. The van der Waals surface area contributed by atoms with Crippen LogP contribution < -0.4 is 0 Å². The Labute approximate surface area is 178 Å². The topological polar surface area (TPSA) is 42.7 Å². The number of carbonyl (C=O) groups is 1. The highest BCUT2D eigenvalue weighted by molar-refractivity contribution is 5.89. The van der Waals surface area contributed by atoms with Crippen molar-refractivity contribution < 1.29 is 13.9 Å². The van der Waals surface area contributed by atoms with Crippen molar-refractivity contribution in [3.05, 3.63) is 102 Å². The van der Waals surface area contributed by atoms with Gasteiger partial charge in [0, 0.05) is 24.0 Å². The van der Waals surface area contributed by atoms with Gasteiger partial charge < -0.3 is 9.15 Å². The second-order valence-electron chi connectivity index (χ2n) is 6.73. The third-order valence-corrected chi connectivity index (χ3v) is 4.39. The molecule has 0 fully saturated rings. The van der Waals surface area contributed by atoms with Crippen LogP contribution >= 0.6 is 0 Å². The van der Waals surface area contributed by atoms with Crippen molar-refractivity contribution in [2.45, 2.75) is 13.5 Å². The van der Waals surface area contributed by atoms with Gasteiger partial charge in [0.15, 0.2) is 0 Å². The van der Waals surface area contributed by atoms with Gasteiger partial charge in [-0.1, -0.05) is 67.3 Å². The highest BCUT2D eigenvalue weighted by Gasteiger charge is 2.07. The minimum Gasteiger partial charge on any atom is -0.465 e. The lowest BCUT2D eigenvalue weighted by Crippen LogP contribution is -2.17. The van der Waals surface area contributed by atoms with E-state index in [0.717, 1.165) is 29.6 Å².